The van der Waals surface area contributed by atoms with Crippen LogP contribution >= 0.6 is 0 Å². The Balaban J connectivity index is 1.51. The van der Waals surface area contributed by atoms with Gasteiger partial charge in [0.2, 0.25) is 5.95 Å². The van der Waals surface area contributed by atoms with E-state index in [1.54, 1.807) is 0 Å². The third-order valence-corrected chi connectivity index (χ3v) is 4.02. The Bertz CT molecular complexity index is 775. The molecule has 100 valence electrons. The van der Waals surface area contributed by atoms with Crippen LogP contribution in [0.1, 0.15) is 22.7 Å². The molecule has 2 heterocycles. The fourth-order valence-electron chi connectivity index (χ4n) is 2.87. The summed E-state index contributed by atoms with van der Waals surface area (Å²) in [5.74, 6) is 1.29. The van der Waals surface area contributed by atoms with E-state index in [1.807, 2.05) is 29.6 Å². The topological polar surface area (TPSA) is 42.2 Å². The van der Waals surface area contributed by atoms with Crippen LogP contribution in [-0.4, -0.2) is 21.1 Å². The first-order valence-electron chi connectivity index (χ1n) is 6.95. The number of anilines is 1. The number of nitrogens with zero attached hydrogens (tertiary/aromatic N) is 3. The normalized spacial score (nSPS) is 16.8. The van der Waals surface area contributed by atoms with Crippen LogP contribution in [0.3, 0.4) is 0 Å². The molecule has 0 saturated carbocycles. The summed E-state index contributed by atoms with van der Waals surface area (Å²) >= 11 is 0. The van der Waals surface area contributed by atoms with Crippen molar-refractivity contribution in [3.8, 4) is 0 Å². The summed E-state index contributed by atoms with van der Waals surface area (Å²) in [5, 5.41) is 7.85. The zero-order valence-corrected chi connectivity index (χ0v) is 11.4. The Labute approximate surface area is 117 Å². The maximum Gasteiger partial charge on any atom is 0.243 e. The number of hydrogen-bond donors (Lipinski definition) is 1. The first-order chi connectivity index (χ1) is 9.81. The summed E-state index contributed by atoms with van der Waals surface area (Å²) in [7, 11) is 0. The van der Waals surface area contributed by atoms with Gasteiger partial charge in [-0.05, 0) is 36.6 Å². The van der Waals surface area contributed by atoms with E-state index in [2.05, 4.69) is 39.7 Å². The third kappa shape index (κ3) is 1.76. The van der Waals surface area contributed by atoms with Gasteiger partial charge in [0.1, 0.15) is 0 Å². The zero-order chi connectivity index (χ0) is 13.5. The SMILES string of the molecule is Cc1cccc2nc(NCC3Cc4ccccc43)nn12. The molecule has 1 unspecified atom stereocenters. The van der Waals surface area contributed by atoms with Crippen LogP contribution in [0.4, 0.5) is 5.95 Å². The summed E-state index contributed by atoms with van der Waals surface area (Å²) in [4.78, 5) is 4.50. The molecule has 0 amide bonds. The molecule has 3 aromatic rings. The summed E-state index contributed by atoms with van der Waals surface area (Å²) in [5.41, 5.74) is 4.91. The molecule has 4 nitrogen and oxygen atoms in total. The van der Waals surface area contributed by atoms with Gasteiger partial charge in [0, 0.05) is 18.2 Å². The summed E-state index contributed by atoms with van der Waals surface area (Å²) in [6.45, 7) is 2.93. The van der Waals surface area contributed by atoms with Crippen LogP contribution in [0.25, 0.3) is 5.65 Å². The Morgan fingerprint density at radius 1 is 1.20 bits per heavy atom. The first-order valence-corrected chi connectivity index (χ1v) is 6.95. The van der Waals surface area contributed by atoms with Crippen LogP contribution in [-0.2, 0) is 6.42 Å². The highest BCUT2D eigenvalue weighted by atomic mass is 15.3. The highest BCUT2D eigenvalue weighted by Gasteiger charge is 2.25. The van der Waals surface area contributed by atoms with Gasteiger partial charge in [-0.3, -0.25) is 0 Å². The lowest BCUT2D eigenvalue weighted by atomic mass is 9.78. The maximum atomic E-state index is 4.50. The monoisotopic (exact) mass is 264 g/mol. The lowest BCUT2D eigenvalue weighted by molar-refractivity contribution is 0.633. The first kappa shape index (κ1) is 11.5. The van der Waals surface area contributed by atoms with Gasteiger partial charge in [-0.25, -0.2) is 4.52 Å². The van der Waals surface area contributed by atoms with Crippen molar-refractivity contribution < 1.29 is 0 Å². The third-order valence-electron chi connectivity index (χ3n) is 4.02. The molecule has 1 aliphatic carbocycles. The smallest absolute Gasteiger partial charge is 0.243 e. The lowest BCUT2D eigenvalue weighted by Gasteiger charge is -2.29. The van der Waals surface area contributed by atoms with Crippen LogP contribution in [0.15, 0.2) is 42.5 Å². The van der Waals surface area contributed by atoms with E-state index in [0.29, 0.717) is 11.9 Å². The van der Waals surface area contributed by atoms with Gasteiger partial charge in [-0.15, -0.1) is 5.10 Å². The highest BCUT2D eigenvalue weighted by molar-refractivity contribution is 5.46. The van der Waals surface area contributed by atoms with E-state index >= 15 is 0 Å². The average Bonchev–Trinajstić information content (AvgIpc) is 2.84. The minimum absolute atomic E-state index is 0.582. The predicted octanol–water partition coefficient (Wildman–Crippen LogP) is 2.79. The number of benzene rings is 1. The van der Waals surface area contributed by atoms with Crippen molar-refractivity contribution in [2.45, 2.75) is 19.3 Å². The van der Waals surface area contributed by atoms with Gasteiger partial charge < -0.3 is 5.32 Å². The average molecular weight is 264 g/mol. The van der Waals surface area contributed by atoms with Gasteiger partial charge in [-0.1, -0.05) is 30.3 Å². The van der Waals surface area contributed by atoms with Gasteiger partial charge >= 0.3 is 0 Å². The molecule has 0 aliphatic heterocycles. The van der Waals surface area contributed by atoms with E-state index in [1.165, 1.54) is 11.1 Å². The second-order valence-electron chi connectivity index (χ2n) is 5.35. The molecule has 1 aromatic carbocycles. The van der Waals surface area contributed by atoms with Crippen molar-refractivity contribution in [2.24, 2.45) is 0 Å². The number of aromatic nitrogens is 3. The van der Waals surface area contributed by atoms with Crippen molar-refractivity contribution in [1.29, 1.82) is 0 Å². The number of fused-ring (bicyclic) bond motifs is 2. The lowest BCUT2D eigenvalue weighted by Crippen LogP contribution is -2.24. The predicted molar refractivity (Wildman–Crippen MR) is 79.1 cm³/mol. The molecule has 0 saturated heterocycles. The second kappa shape index (κ2) is 4.34. The van der Waals surface area contributed by atoms with Crippen LogP contribution in [0, 0.1) is 6.92 Å². The number of aryl methyl sites for hydroxylation is 1. The van der Waals surface area contributed by atoms with Crippen LogP contribution < -0.4 is 5.32 Å². The van der Waals surface area contributed by atoms with Crippen molar-refractivity contribution in [2.75, 3.05) is 11.9 Å². The Morgan fingerprint density at radius 3 is 2.95 bits per heavy atom. The fraction of sp³-hybridized carbons (Fsp3) is 0.250. The molecule has 20 heavy (non-hydrogen) atoms. The number of rotatable bonds is 3. The van der Waals surface area contributed by atoms with Gasteiger partial charge in [0.25, 0.3) is 0 Å². The maximum absolute atomic E-state index is 4.50. The Hall–Kier alpha value is -2.36. The summed E-state index contributed by atoms with van der Waals surface area (Å²) < 4.78 is 1.87. The van der Waals surface area contributed by atoms with Crippen LogP contribution in [0.2, 0.25) is 0 Å². The van der Waals surface area contributed by atoms with E-state index in [4.69, 9.17) is 0 Å². The largest absolute Gasteiger partial charge is 0.352 e. The second-order valence-corrected chi connectivity index (χ2v) is 5.35. The van der Waals surface area contributed by atoms with E-state index in [0.717, 1.165) is 24.3 Å². The van der Waals surface area contributed by atoms with Crippen molar-refractivity contribution in [1.82, 2.24) is 14.6 Å². The molecule has 2 aromatic heterocycles. The molecule has 4 rings (SSSR count). The molecule has 1 aliphatic rings. The van der Waals surface area contributed by atoms with Gasteiger partial charge in [0.15, 0.2) is 5.65 Å². The van der Waals surface area contributed by atoms with Crippen LogP contribution in [0.5, 0.6) is 0 Å². The quantitative estimate of drug-likeness (QED) is 0.791. The molecular formula is C16H16N4. The molecular weight excluding hydrogens is 248 g/mol. The zero-order valence-electron chi connectivity index (χ0n) is 11.4. The fourth-order valence-corrected chi connectivity index (χ4v) is 2.87. The molecule has 1 N–H and O–H groups in total. The van der Waals surface area contributed by atoms with Crippen molar-refractivity contribution in [3.05, 3.63) is 59.3 Å². The Kier molecular flexibility index (Phi) is 2.49. The highest BCUT2D eigenvalue weighted by Crippen LogP contribution is 2.34. The number of nitrogens with one attached hydrogen (secondary N) is 1. The molecule has 4 heteroatoms. The van der Waals surface area contributed by atoms with E-state index < -0.39 is 0 Å². The van der Waals surface area contributed by atoms with Gasteiger partial charge in [0.05, 0.1) is 0 Å². The minimum atomic E-state index is 0.582. The molecule has 0 bridgehead atoms. The molecule has 1 atom stereocenters. The van der Waals surface area contributed by atoms with Crippen molar-refractivity contribution >= 4 is 11.6 Å². The molecule has 0 fully saturated rings. The van der Waals surface area contributed by atoms with Gasteiger partial charge in [-0.2, -0.15) is 4.98 Å². The van der Waals surface area contributed by atoms with Crippen molar-refractivity contribution in [3.63, 3.8) is 0 Å². The number of hydrogen-bond acceptors (Lipinski definition) is 3. The van der Waals surface area contributed by atoms with E-state index in [9.17, 15) is 0 Å². The van der Waals surface area contributed by atoms with E-state index in [-0.39, 0.29) is 0 Å². The summed E-state index contributed by atoms with van der Waals surface area (Å²) in [6.07, 6.45) is 1.15. The standard InChI is InChI=1S/C16H16N4/c1-11-5-4-8-15-18-16(19-20(11)15)17-10-13-9-12-6-2-3-7-14(12)13/h2-8,13H,9-10H2,1H3,(H,17,19). The Morgan fingerprint density at radius 2 is 2.10 bits per heavy atom. The minimum Gasteiger partial charge on any atom is -0.352 e. The molecule has 0 spiro atoms. The summed E-state index contributed by atoms with van der Waals surface area (Å²) in [6, 6.07) is 14.7. The molecule has 0 radical (unpaired) electrons. The number of pyridine rings is 1.